The second-order valence-electron chi connectivity index (χ2n) is 7.29. The van der Waals surface area contributed by atoms with Crippen molar-refractivity contribution in [1.82, 2.24) is 19.9 Å². The Hall–Kier alpha value is -2.85. The molecule has 0 amide bonds. The van der Waals surface area contributed by atoms with E-state index in [4.69, 9.17) is 20.4 Å². The van der Waals surface area contributed by atoms with Gasteiger partial charge in [-0.1, -0.05) is 29.5 Å². The van der Waals surface area contributed by atoms with E-state index in [1.165, 1.54) is 10.9 Å². The molecule has 0 radical (unpaired) electrons. The lowest BCUT2D eigenvalue weighted by Gasteiger charge is -2.11. The molecule has 0 bridgehead atoms. The minimum absolute atomic E-state index is 0.0362. The second-order valence-corrected chi connectivity index (χ2v) is 9.32. The standard InChI is InChI=1S/C22H22N6OS2/c1-29-12-18-20(21-27-17-6-7-24-11-19(17)30-21)31-22(28-18)26-10-14(23)8-13-9-25-16-5-3-2-4-15(13)16/h2-7,9,11,14,25H,8,10,12,23H2,1H3,(H,26,28)/t14-/m0/s1. The molecule has 1 aromatic carbocycles. The number of fused-ring (bicyclic) bond motifs is 2. The summed E-state index contributed by atoms with van der Waals surface area (Å²) < 4.78 is 6.43. The first-order valence-corrected chi connectivity index (χ1v) is 11.6. The molecule has 0 saturated carbocycles. The maximum Gasteiger partial charge on any atom is 0.183 e. The largest absolute Gasteiger partial charge is 0.378 e. The summed E-state index contributed by atoms with van der Waals surface area (Å²) in [6.45, 7) is 1.06. The van der Waals surface area contributed by atoms with Crippen LogP contribution in [0.25, 0.3) is 31.0 Å². The van der Waals surface area contributed by atoms with E-state index in [2.05, 4.69) is 33.5 Å². The molecule has 5 aromatic rings. The molecule has 0 aliphatic carbocycles. The molecule has 0 unspecified atom stereocenters. The van der Waals surface area contributed by atoms with Crippen LogP contribution < -0.4 is 11.1 Å². The predicted octanol–water partition coefficient (Wildman–Crippen LogP) is 4.42. The zero-order chi connectivity index (χ0) is 21.2. The van der Waals surface area contributed by atoms with Gasteiger partial charge in [0.25, 0.3) is 0 Å². The van der Waals surface area contributed by atoms with Crippen LogP contribution in [0.4, 0.5) is 5.13 Å². The van der Waals surface area contributed by atoms with Crippen molar-refractivity contribution < 1.29 is 4.74 Å². The number of nitrogens with zero attached hydrogens (tertiary/aromatic N) is 3. The topological polar surface area (TPSA) is 102 Å². The first kappa shape index (κ1) is 20.1. The highest BCUT2D eigenvalue weighted by Gasteiger charge is 2.18. The third-order valence-corrected chi connectivity index (χ3v) is 7.25. The number of anilines is 1. The molecule has 4 N–H and O–H groups in total. The Kier molecular flexibility index (Phi) is 5.65. The number of nitrogens with one attached hydrogen (secondary N) is 2. The zero-order valence-corrected chi connectivity index (χ0v) is 18.6. The molecule has 0 aliphatic heterocycles. The number of thiazole rings is 2. The van der Waals surface area contributed by atoms with Gasteiger partial charge in [0.05, 0.1) is 27.4 Å². The number of hydrogen-bond acceptors (Lipinski definition) is 8. The Bertz CT molecular complexity index is 1290. The van der Waals surface area contributed by atoms with Crippen molar-refractivity contribution in [3.8, 4) is 9.88 Å². The third-order valence-electron chi connectivity index (χ3n) is 5.04. The minimum atomic E-state index is -0.0362. The molecule has 0 spiro atoms. The van der Waals surface area contributed by atoms with Crippen LogP contribution in [0.15, 0.2) is 48.9 Å². The van der Waals surface area contributed by atoms with Crippen molar-refractivity contribution >= 4 is 48.9 Å². The summed E-state index contributed by atoms with van der Waals surface area (Å²) in [7, 11) is 1.68. The number of nitrogens with two attached hydrogens (primary N) is 1. The lowest BCUT2D eigenvalue weighted by atomic mass is 10.1. The molecule has 0 saturated heterocycles. The fourth-order valence-corrected chi connectivity index (χ4v) is 5.58. The maximum atomic E-state index is 6.43. The summed E-state index contributed by atoms with van der Waals surface area (Å²) in [5, 5.41) is 6.39. The normalized spacial score (nSPS) is 12.6. The van der Waals surface area contributed by atoms with Crippen molar-refractivity contribution in [3.05, 3.63) is 60.2 Å². The van der Waals surface area contributed by atoms with Crippen LogP contribution >= 0.6 is 22.7 Å². The van der Waals surface area contributed by atoms with Crippen LogP contribution in [0.3, 0.4) is 0 Å². The van der Waals surface area contributed by atoms with E-state index in [1.54, 1.807) is 36.0 Å². The van der Waals surface area contributed by atoms with Gasteiger partial charge in [-0.25, -0.2) is 9.97 Å². The minimum Gasteiger partial charge on any atom is -0.378 e. The van der Waals surface area contributed by atoms with Gasteiger partial charge in [-0.05, 0) is 24.1 Å². The van der Waals surface area contributed by atoms with E-state index < -0.39 is 0 Å². The predicted molar refractivity (Wildman–Crippen MR) is 128 cm³/mol. The van der Waals surface area contributed by atoms with Gasteiger partial charge in [0.1, 0.15) is 5.01 Å². The Morgan fingerprint density at radius 3 is 2.97 bits per heavy atom. The molecule has 158 valence electrons. The highest BCUT2D eigenvalue weighted by Crippen LogP contribution is 2.37. The van der Waals surface area contributed by atoms with Crippen molar-refractivity contribution in [1.29, 1.82) is 0 Å². The molecular formula is C22H22N6OS2. The van der Waals surface area contributed by atoms with E-state index >= 15 is 0 Å². The molecule has 4 aromatic heterocycles. The number of ether oxygens (including phenoxy) is 1. The highest BCUT2D eigenvalue weighted by atomic mass is 32.1. The lowest BCUT2D eigenvalue weighted by Crippen LogP contribution is -2.31. The van der Waals surface area contributed by atoms with E-state index in [-0.39, 0.29) is 6.04 Å². The summed E-state index contributed by atoms with van der Waals surface area (Å²) >= 11 is 3.20. The van der Waals surface area contributed by atoms with E-state index in [0.29, 0.717) is 13.2 Å². The van der Waals surface area contributed by atoms with Crippen molar-refractivity contribution in [3.63, 3.8) is 0 Å². The van der Waals surface area contributed by atoms with Gasteiger partial charge >= 0.3 is 0 Å². The van der Waals surface area contributed by atoms with Crippen LogP contribution in [0.1, 0.15) is 11.3 Å². The number of methoxy groups -OCH3 is 1. The molecular weight excluding hydrogens is 428 g/mol. The second kappa shape index (κ2) is 8.72. The molecule has 0 aliphatic rings. The summed E-state index contributed by atoms with van der Waals surface area (Å²) in [6.07, 6.45) is 6.43. The number of para-hydroxylation sites is 1. The Balaban J connectivity index is 1.31. The zero-order valence-electron chi connectivity index (χ0n) is 17.0. The number of aromatic nitrogens is 4. The fraction of sp³-hybridized carbons (Fsp3) is 0.227. The van der Waals surface area contributed by atoms with Crippen molar-refractivity contribution in [2.45, 2.75) is 19.1 Å². The van der Waals surface area contributed by atoms with Gasteiger partial charge in [0.2, 0.25) is 0 Å². The van der Waals surface area contributed by atoms with Gasteiger partial charge < -0.3 is 20.8 Å². The lowest BCUT2D eigenvalue weighted by molar-refractivity contribution is 0.182. The number of pyridine rings is 1. The van der Waals surface area contributed by atoms with Crippen LogP contribution in [0.5, 0.6) is 0 Å². The SMILES string of the molecule is COCc1nc(NC[C@@H](N)Cc2c[nH]c3ccccc23)sc1-c1nc2ccncc2s1. The monoisotopic (exact) mass is 450 g/mol. The van der Waals surface area contributed by atoms with Gasteiger partial charge in [-0.2, -0.15) is 0 Å². The smallest absolute Gasteiger partial charge is 0.183 e. The van der Waals surface area contributed by atoms with E-state index in [1.807, 2.05) is 24.5 Å². The van der Waals surface area contributed by atoms with Crippen LogP contribution in [-0.4, -0.2) is 39.6 Å². The molecule has 31 heavy (non-hydrogen) atoms. The van der Waals surface area contributed by atoms with Gasteiger partial charge in [-0.3, -0.25) is 4.98 Å². The van der Waals surface area contributed by atoms with Gasteiger partial charge in [0.15, 0.2) is 5.13 Å². The van der Waals surface area contributed by atoms with Crippen LogP contribution in [0, 0.1) is 0 Å². The summed E-state index contributed by atoms with van der Waals surface area (Å²) in [6, 6.07) is 10.2. The third kappa shape index (κ3) is 4.17. The van der Waals surface area contributed by atoms with Crippen LogP contribution in [0.2, 0.25) is 0 Å². The van der Waals surface area contributed by atoms with Crippen LogP contribution in [-0.2, 0) is 17.8 Å². The first-order valence-electron chi connectivity index (χ1n) is 9.95. The van der Waals surface area contributed by atoms with Gasteiger partial charge in [-0.15, -0.1) is 11.3 Å². The number of benzene rings is 1. The van der Waals surface area contributed by atoms with Crippen molar-refractivity contribution in [2.75, 3.05) is 19.0 Å². The highest BCUT2D eigenvalue weighted by molar-refractivity contribution is 7.26. The Morgan fingerprint density at radius 2 is 2.10 bits per heavy atom. The number of aromatic amines is 1. The van der Waals surface area contributed by atoms with Crippen molar-refractivity contribution in [2.24, 2.45) is 5.73 Å². The summed E-state index contributed by atoms with van der Waals surface area (Å²) in [5.74, 6) is 0. The molecule has 0 fully saturated rings. The fourth-order valence-electron chi connectivity index (χ4n) is 3.58. The average molecular weight is 451 g/mol. The number of hydrogen-bond donors (Lipinski definition) is 3. The number of H-pyrrole nitrogens is 1. The maximum absolute atomic E-state index is 6.43. The number of rotatable bonds is 8. The van der Waals surface area contributed by atoms with Gasteiger partial charge in [0, 0.05) is 49.2 Å². The molecule has 9 heteroatoms. The molecule has 4 heterocycles. The summed E-state index contributed by atoms with van der Waals surface area (Å²) in [5.41, 5.74) is 10.6. The Labute approximate surface area is 187 Å². The average Bonchev–Trinajstić information content (AvgIpc) is 3.49. The Morgan fingerprint density at radius 1 is 1.19 bits per heavy atom. The molecule has 7 nitrogen and oxygen atoms in total. The molecule has 1 atom stereocenters. The quantitative estimate of drug-likeness (QED) is 0.323. The molecule has 5 rings (SSSR count). The first-order chi connectivity index (χ1) is 15.2. The van der Waals surface area contributed by atoms with E-state index in [0.717, 1.165) is 42.9 Å². The van der Waals surface area contributed by atoms with E-state index in [9.17, 15) is 0 Å². The summed E-state index contributed by atoms with van der Waals surface area (Å²) in [4.78, 5) is 18.0.